The van der Waals surface area contributed by atoms with Crippen LogP contribution in [0.1, 0.15) is 30.9 Å². The number of rotatable bonds is 2. The van der Waals surface area contributed by atoms with Crippen molar-refractivity contribution in [3.05, 3.63) is 52.7 Å². The maximum atomic E-state index is 13.3. The van der Waals surface area contributed by atoms with Gasteiger partial charge in [-0.15, -0.1) is 0 Å². The van der Waals surface area contributed by atoms with Gasteiger partial charge in [0.05, 0.1) is 5.92 Å². The van der Waals surface area contributed by atoms with Crippen molar-refractivity contribution in [3.8, 4) is 0 Å². The van der Waals surface area contributed by atoms with Crippen molar-refractivity contribution < 1.29 is 4.79 Å². The molecule has 0 N–H and O–H groups in total. The van der Waals surface area contributed by atoms with Crippen LogP contribution in [0.4, 0.5) is 5.95 Å². The van der Waals surface area contributed by atoms with E-state index in [4.69, 9.17) is 0 Å². The van der Waals surface area contributed by atoms with Crippen LogP contribution in [-0.4, -0.2) is 51.5 Å². The summed E-state index contributed by atoms with van der Waals surface area (Å²) in [6.45, 7) is 3.79. The van der Waals surface area contributed by atoms with Crippen LogP contribution >= 0.6 is 0 Å². The summed E-state index contributed by atoms with van der Waals surface area (Å²) in [5, 5.41) is 0. The molecule has 2 aromatic rings. The van der Waals surface area contributed by atoms with Crippen LogP contribution < -0.4 is 10.5 Å². The molecule has 0 aliphatic carbocycles. The Balaban J connectivity index is 1.32. The monoisotopic (exact) mass is 379 g/mol. The molecule has 3 aliphatic heterocycles. The Kier molecular flexibility index (Phi) is 4.37. The van der Waals surface area contributed by atoms with E-state index in [1.165, 1.54) is 0 Å². The number of hydrogen-bond acceptors (Lipinski definition) is 5. The molecule has 0 radical (unpaired) electrons. The van der Waals surface area contributed by atoms with E-state index in [1.807, 2.05) is 22.8 Å². The number of likely N-dealkylation sites (tertiary alicyclic amines) is 1. The van der Waals surface area contributed by atoms with Gasteiger partial charge >= 0.3 is 0 Å². The number of carbonyl (C=O) groups is 1. The highest BCUT2D eigenvalue weighted by molar-refractivity contribution is 5.80. The Hall–Kier alpha value is -2.70. The number of amides is 1. The highest BCUT2D eigenvalue weighted by Gasteiger charge is 2.39. The fourth-order valence-corrected chi connectivity index (χ4v) is 5.15. The molecule has 1 amide bonds. The molecule has 28 heavy (non-hydrogen) atoms. The van der Waals surface area contributed by atoms with Gasteiger partial charge in [-0.2, -0.15) is 0 Å². The van der Waals surface area contributed by atoms with Crippen molar-refractivity contribution in [2.24, 2.45) is 11.8 Å². The first-order valence-electron chi connectivity index (χ1n) is 10.2. The molecule has 3 unspecified atom stereocenters. The van der Waals surface area contributed by atoms with Gasteiger partial charge in [-0.05, 0) is 37.3 Å². The summed E-state index contributed by atoms with van der Waals surface area (Å²) in [4.78, 5) is 38.4. The SMILES string of the molecule is O=C(C1CCCN(c2ncccn2)C1)N1CC2CC(C1)c1cccc(=O)n1C2. The molecule has 2 bridgehead atoms. The first kappa shape index (κ1) is 17.4. The molecule has 0 aromatic carbocycles. The van der Waals surface area contributed by atoms with Crippen LogP contribution in [0, 0.1) is 11.8 Å². The molecule has 3 atom stereocenters. The zero-order valence-electron chi connectivity index (χ0n) is 15.9. The van der Waals surface area contributed by atoms with Crippen molar-refractivity contribution >= 4 is 11.9 Å². The van der Waals surface area contributed by atoms with Crippen LogP contribution in [0.25, 0.3) is 0 Å². The number of fused-ring (bicyclic) bond motifs is 4. The quantitative estimate of drug-likeness (QED) is 0.791. The molecule has 146 valence electrons. The molecular formula is C21H25N5O2. The number of pyridine rings is 1. The topological polar surface area (TPSA) is 71.3 Å². The molecule has 7 nitrogen and oxygen atoms in total. The van der Waals surface area contributed by atoms with E-state index in [0.29, 0.717) is 18.4 Å². The second-order valence-corrected chi connectivity index (χ2v) is 8.28. The molecule has 3 aliphatic rings. The summed E-state index contributed by atoms with van der Waals surface area (Å²) in [5.74, 6) is 1.59. The lowest BCUT2D eigenvalue weighted by atomic mass is 9.82. The van der Waals surface area contributed by atoms with Crippen molar-refractivity contribution in [1.29, 1.82) is 0 Å². The summed E-state index contributed by atoms with van der Waals surface area (Å²) in [6.07, 6.45) is 6.47. The lowest BCUT2D eigenvalue weighted by Crippen LogP contribution is -2.52. The van der Waals surface area contributed by atoms with Gasteiger partial charge < -0.3 is 14.4 Å². The second kappa shape index (κ2) is 7.04. The van der Waals surface area contributed by atoms with Gasteiger partial charge in [0.2, 0.25) is 11.9 Å². The lowest BCUT2D eigenvalue weighted by Gasteiger charge is -2.44. The average Bonchev–Trinajstić information content (AvgIpc) is 2.75. The summed E-state index contributed by atoms with van der Waals surface area (Å²) in [7, 11) is 0. The number of hydrogen-bond donors (Lipinski definition) is 0. The second-order valence-electron chi connectivity index (χ2n) is 8.28. The van der Waals surface area contributed by atoms with Crippen LogP contribution in [0.3, 0.4) is 0 Å². The van der Waals surface area contributed by atoms with E-state index in [9.17, 15) is 9.59 Å². The first-order chi connectivity index (χ1) is 13.7. The van der Waals surface area contributed by atoms with E-state index >= 15 is 0 Å². The Bertz CT molecular complexity index is 928. The van der Waals surface area contributed by atoms with Crippen LogP contribution in [-0.2, 0) is 11.3 Å². The van der Waals surface area contributed by atoms with Crippen LogP contribution in [0.5, 0.6) is 0 Å². The highest BCUT2D eigenvalue weighted by Crippen LogP contribution is 2.36. The number of anilines is 1. The van der Waals surface area contributed by atoms with Crippen LogP contribution in [0.2, 0.25) is 0 Å². The fraction of sp³-hybridized carbons (Fsp3) is 0.524. The van der Waals surface area contributed by atoms with Gasteiger partial charge in [0.1, 0.15) is 0 Å². The third-order valence-corrected chi connectivity index (χ3v) is 6.40. The Morgan fingerprint density at radius 3 is 2.75 bits per heavy atom. The van der Waals surface area contributed by atoms with Gasteiger partial charge in [0.15, 0.2) is 0 Å². The molecule has 5 rings (SSSR count). The third kappa shape index (κ3) is 3.08. The van der Waals surface area contributed by atoms with Gasteiger partial charge in [0, 0.05) is 62.8 Å². The smallest absolute Gasteiger partial charge is 0.250 e. The fourth-order valence-electron chi connectivity index (χ4n) is 5.15. The van der Waals surface area contributed by atoms with Gasteiger partial charge in [-0.3, -0.25) is 9.59 Å². The van der Waals surface area contributed by atoms with E-state index < -0.39 is 0 Å². The standard InChI is InChI=1S/C21H25N5O2/c27-19-6-1-5-18-17-10-15(12-26(18)19)11-25(14-17)20(28)16-4-2-9-24(13-16)21-22-7-3-8-23-21/h1,3,5-8,15-17H,2,4,9-14H2. The number of aromatic nitrogens is 3. The van der Waals surface area contributed by atoms with E-state index in [-0.39, 0.29) is 23.3 Å². The lowest BCUT2D eigenvalue weighted by molar-refractivity contribution is -0.138. The van der Waals surface area contributed by atoms with Crippen molar-refractivity contribution in [1.82, 2.24) is 19.4 Å². The number of nitrogens with zero attached hydrogens (tertiary/aromatic N) is 5. The first-order valence-corrected chi connectivity index (χ1v) is 10.2. The molecule has 5 heterocycles. The zero-order valence-corrected chi connectivity index (χ0v) is 15.9. The van der Waals surface area contributed by atoms with Gasteiger partial charge in [0.25, 0.3) is 5.56 Å². The molecule has 2 fully saturated rings. The minimum absolute atomic E-state index is 0.00523. The summed E-state index contributed by atoms with van der Waals surface area (Å²) < 4.78 is 1.91. The van der Waals surface area contributed by atoms with E-state index in [2.05, 4.69) is 19.8 Å². The maximum Gasteiger partial charge on any atom is 0.250 e. The van der Waals surface area contributed by atoms with Crippen molar-refractivity contribution in [3.63, 3.8) is 0 Å². The third-order valence-electron chi connectivity index (χ3n) is 6.40. The molecule has 2 saturated heterocycles. The maximum absolute atomic E-state index is 13.3. The molecule has 7 heteroatoms. The molecule has 0 spiro atoms. The van der Waals surface area contributed by atoms with Gasteiger partial charge in [-0.1, -0.05) is 6.07 Å². The molecule has 2 aromatic heterocycles. The van der Waals surface area contributed by atoms with Crippen molar-refractivity contribution in [2.45, 2.75) is 31.7 Å². The number of carbonyl (C=O) groups excluding carboxylic acids is 1. The Morgan fingerprint density at radius 1 is 1.04 bits per heavy atom. The Labute approximate surface area is 164 Å². The summed E-state index contributed by atoms with van der Waals surface area (Å²) in [6, 6.07) is 7.33. The van der Waals surface area contributed by atoms with Gasteiger partial charge in [-0.25, -0.2) is 9.97 Å². The summed E-state index contributed by atoms with van der Waals surface area (Å²) >= 11 is 0. The minimum Gasteiger partial charge on any atom is -0.341 e. The minimum atomic E-state index is -0.00523. The average molecular weight is 379 g/mol. The molecule has 0 saturated carbocycles. The Morgan fingerprint density at radius 2 is 1.89 bits per heavy atom. The predicted octanol–water partition coefficient (Wildman–Crippen LogP) is 1.50. The zero-order chi connectivity index (χ0) is 19.1. The van der Waals surface area contributed by atoms with E-state index in [0.717, 1.165) is 51.1 Å². The number of piperidine rings is 2. The largest absolute Gasteiger partial charge is 0.341 e. The highest BCUT2D eigenvalue weighted by atomic mass is 16.2. The van der Waals surface area contributed by atoms with Crippen LogP contribution in [0.15, 0.2) is 41.5 Å². The normalized spacial score (nSPS) is 26.6. The van der Waals surface area contributed by atoms with Crippen molar-refractivity contribution in [2.75, 3.05) is 31.1 Å². The molecular weight excluding hydrogens is 354 g/mol. The predicted molar refractivity (Wildman–Crippen MR) is 105 cm³/mol. The van der Waals surface area contributed by atoms with E-state index in [1.54, 1.807) is 18.5 Å². The summed E-state index contributed by atoms with van der Waals surface area (Å²) in [5.41, 5.74) is 1.17.